The van der Waals surface area contributed by atoms with Crippen LogP contribution in [0.5, 0.6) is 11.5 Å². The number of carbonyl (C=O) groups excluding carboxylic acids is 1. The molecule has 1 aromatic heterocycles. The van der Waals surface area contributed by atoms with E-state index >= 15 is 0 Å². The summed E-state index contributed by atoms with van der Waals surface area (Å²) >= 11 is 0. The van der Waals surface area contributed by atoms with Gasteiger partial charge >= 0.3 is 0 Å². The lowest BCUT2D eigenvalue weighted by Gasteiger charge is -2.36. The summed E-state index contributed by atoms with van der Waals surface area (Å²) in [7, 11) is 3.24. The zero-order valence-corrected chi connectivity index (χ0v) is 19.3. The maximum absolute atomic E-state index is 14.2. The Balaban J connectivity index is 1.34. The van der Waals surface area contributed by atoms with Gasteiger partial charge in [0.25, 0.3) is 0 Å². The number of fused-ring (bicyclic) bond motifs is 1. The molecule has 2 aromatic carbocycles. The number of benzene rings is 2. The molecule has 0 N–H and O–H groups in total. The van der Waals surface area contributed by atoms with Gasteiger partial charge < -0.3 is 19.3 Å². The third kappa shape index (κ3) is 4.16. The first-order chi connectivity index (χ1) is 16.6. The number of carbonyl (C=O) groups is 1. The molecule has 3 aromatic rings. The lowest BCUT2D eigenvalue weighted by molar-refractivity contribution is 0.0962. The van der Waals surface area contributed by atoms with Gasteiger partial charge in [0.1, 0.15) is 17.3 Å². The van der Waals surface area contributed by atoms with Gasteiger partial charge in [-0.1, -0.05) is 18.2 Å². The van der Waals surface area contributed by atoms with E-state index in [4.69, 9.17) is 14.5 Å². The van der Waals surface area contributed by atoms with Crippen molar-refractivity contribution in [2.24, 2.45) is 0 Å². The molecule has 1 aliphatic heterocycles. The highest BCUT2D eigenvalue weighted by molar-refractivity contribution is 5.98. The topological polar surface area (TPSA) is 67.8 Å². The molecule has 176 valence electrons. The number of nitrogens with zero attached hydrogens (tertiary/aromatic N) is 4. The lowest BCUT2D eigenvalue weighted by atomic mass is 9.82. The van der Waals surface area contributed by atoms with E-state index in [-0.39, 0.29) is 17.5 Å². The predicted molar refractivity (Wildman–Crippen MR) is 128 cm³/mol. The van der Waals surface area contributed by atoms with Crippen LogP contribution >= 0.6 is 0 Å². The summed E-state index contributed by atoms with van der Waals surface area (Å²) < 4.78 is 25.0. The summed E-state index contributed by atoms with van der Waals surface area (Å²) in [4.78, 5) is 26.3. The Morgan fingerprint density at radius 1 is 0.971 bits per heavy atom. The third-order valence-electron chi connectivity index (χ3n) is 6.66. The first-order valence-corrected chi connectivity index (χ1v) is 11.4. The fraction of sp³-hybridized carbons (Fsp3) is 0.346. The summed E-state index contributed by atoms with van der Waals surface area (Å²) in [6.45, 7) is 2.70. The van der Waals surface area contributed by atoms with E-state index in [0.717, 1.165) is 11.3 Å². The Bertz CT molecular complexity index is 1210. The molecule has 5 rings (SSSR count). The average molecular weight is 463 g/mol. The number of halogens is 1. The van der Waals surface area contributed by atoms with Crippen molar-refractivity contribution in [3.05, 3.63) is 71.3 Å². The summed E-state index contributed by atoms with van der Waals surface area (Å²) in [5.41, 5.74) is 2.95. The van der Waals surface area contributed by atoms with Gasteiger partial charge in [-0.3, -0.25) is 4.79 Å². The molecular formula is C26H27FN4O3. The van der Waals surface area contributed by atoms with Crippen LogP contribution in [0.2, 0.25) is 0 Å². The molecule has 0 bridgehead atoms. The van der Waals surface area contributed by atoms with Crippen molar-refractivity contribution < 1.29 is 18.7 Å². The maximum atomic E-state index is 14.2. The molecule has 1 fully saturated rings. The van der Waals surface area contributed by atoms with Crippen LogP contribution in [0, 0.1) is 5.82 Å². The standard InChI is InChI=1S/C26H27FN4O3/c1-33-18-7-8-19(25(15-18)34-2)17-13-22-20(24(32)14-17)16-28-26(29-22)31-11-9-30(10-12-31)23-6-4-3-5-21(23)27/h3-8,15-17H,9-14H2,1-2H3. The molecule has 0 amide bonds. The molecule has 1 unspecified atom stereocenters. The SMILES string of the molecule is COc1ccc(C2CC(=O)c3cnc(N4CCN(c5ccccc5F)CC4)nc3C2)c(OC)c1. The van der Waals surface area contributed by atoms with Gasteiger partial charge in [-0.25, -0.2) is 14.4 Å². The minimum Gasteiger partial charge on any atom is -0.497 e. The fourth-order valence-corrected chi connectivity index (χ4v) is 4.82. The summed E-state index contributed by atoms with van der Waals surface area (Å²) in [5.74, 6) is 1.84. The second-order valence-corrected chi connectivity index (χ2v) is 8.59. The Kier molecular flexibility index (Phi) is 6.04. The zero-order valence-electron chi connectivity index (χ0n) is 19.3. The van der Waals surface area contributed by atoms with Crippen LogP contribution in [0.4, 0.5) is 16.0 Å². The van der Waals surface area contributed by atoms with Crippen LogP contribution in [0.15, 0.2) is 48.7 Å². The van der Waals surface area contributed by atoms with Gasteiger partial charge in [0, 0.05) is 50.8 Å². The number of anilines is 2. The molecule has 0 spiro atoms. The second-order valence-electron chi connectivity index (χ2n) is 8.59. The van der Waals surface area contributed by atoms with Crippen LogP contribution in [-0.2, 0) is 6.42 Å². The zero-order chi connectivity index (χ0) is 23.7. The number of Topliss-reactive ketones (excluding diaryl/α,β-unsaturated/α-hetero) is 1. The molecule has 2 aliphatic rings. The van der Waals surface area contributed by atoms with Crippen LogP contribution in [0.1, 0.15) is 34.0 Å². The molecule has 0 radical (unpaired) electrons. The molecule has 1 saturated heterocycles. The van der Waals surface area contributed by atoms with Crippen molar-refractivity contribution in [1.29, 1.82) is 0 Å². The summed E-state index contributed by atoms with van der Waals surface area (Å²) in [6.07, 6.45) is 2.68. The molecule has 8 heteroatoms. The Hall–Kier alpha value is -3.68. The van der Waals surface area contributed by atoms with Gasteiger partial charge in [-0.15, -0.1) is 0 Å². The second kappa shape index (κ2) is 9.29. The largest absolute Gasteiger partial charge is 0.497 e. The van der Waals surface area contributed by atoms with Gasteiger partial charge in [-0.2, -0.15) is 0 Å². The molecule has 0 saturated carbocycles. The fourth-order valence-electron chi connectivity index (χ4n) is 4.82. The Morgan fingerprint density at radius 2 is 1.74 bits per heavy atom. The van der Waals surface area contributed by atoms with Crippen molar-refractivity contribution in [2.75, 3.05) is 50.2 Å². The average Bonchev–Trinajstić information content (AvgIpc) is 2.88. The smallest absolute Gasteiger partial charge is 0.225 e. The number of aromatic nitrogens is 2. The van der Waals surface area contributed by atoms with Crippen molar-refractivity contribution in [3.63, 3.8) is 0 Å². The first kappa shape index (κ1) is 22.1. The minimum atomic E-state index is -0.209. The van der Waals surface area contributed by atoms with E-state index < -0.39 is 0 Å². The van der Waals surface area contributed by atoms with E-state index in [1.807, 2.05) is 29.2 Å². The summed E-state index contributed by atoms with van der Waals surface area (Å²) in [6, 6.07) is 12.5. The number of ether oxygens (including phenoxy) is 2. The van der Waals surface area contributed by atoms with E-state index in [2.05, 4.69) is 9.88 Å². The normalized spacial score (nSPS) is 18.0. The number of ketones is 1. The van der Waals surface area contributed by atoms with Crippen molar-refractivity contribution in [2.45, 2.75) is 18.8 Å². The molecule has 1 atom stereocenters. The molecule has 2 heterocycles. The van der Waals surface area contributed by atoms with E-state index in [9.17, 15) is 9.18 Å². The van der Waals surface area contributed by atoms with E-state index in [0.29, 0.717) is 67.7 Å². The van der Waals surface area contributed by atoms with Gasteiger partial charge in [0.2, 0.25) is 5.95 Å². The van der Waals surface area contributed by atoms with E-state index in [1.165, 1.54) is 6.07 Å². The first-order valence-electron chi connectivity index (χ1n) is 11.4. The highest BCUT2D eigenvalue weighted by atomic mass is 19.1. The maximum Gasteiger partial charge on any atom is 0.225 e. The monoisotopic (exact) mass is 462 g/mol. The van der Waals surface area contributed by atoms with Crippen molar-refractivity contribution in [1.82, 2.24) is 9.97 Å². The lowest BCUT2D eigenvalue weighted by Crippen LogP contribution is -2.47. The highest BCUT2D eigenvalue weighted by Crippen LogP contribution is 2.38. The van der Waals surface area contributed by atoms with Gasteiger partial charge in [0.15, 0.2) is 5.78 Å². The van der Waals surface area contributed by atoms with Gasteiger partial charge in [-0.05, 0) is 30.2 Å². The number of rotatable bonds is 5. The Labute approximate surface area is 198 Å². The molecular weight excluding hydrogens is 435 g/mol. The number of hydrogen-bond acceptors (Lipinski definition) is 7. The molecule has 7 nitrogen and oxygen atoms in total. The number of methoxy groups -OCH3 is 2. The van der Waals surface area contributed by atoms with Crippen molar-refractivity contribution in [3.8, 4) is 11.5 Å². The Morgan fingerprint density at radius 3 is 2.47 bits per heavy atom. The minimum absolute atomic E-state index is 0.0264. The number of para-hydroxylation sites is 1. The quantitative estimate of drug-likeness (QED) is 0.570. The molecule has 1 aliphatic carbocycles. The van der Waals surface area contributed by atoms with Gasteiger partial charge in [0.05, 0.1) is 31.2 Å². The highest BCUT2D eigenvalue weighted by Gasteiger charge is 2.31. The summed E-state index contributed by atoms with van der Waals surface area (Å²) in [5, 5.41) is 0. The van der Waals surface area contributed by atoms with E-state index in [1.54, 1.807) is 32.5 Å². The number of hydrogen-bond donors (Lipinski definition) is 0. The van der Waals surface area contributed by atoms with Crippen LogP contribution in [0.3, 0.4) is 0 Å². The third-order valence-corrected chi connectivity index (χ3v) is 6.66. The van der Waals surface area contributed by atoms with Crippen LogP contribution in [0.25, 0.3) is 0 Å². The van der Waals surface area contributed by atoms with Crippen molar-refractivity contribution >= 4 is 17.4 Å². The van der Waals surface area contributed by atoms with Crippen LogP contribution < -0.4 is 19.3 Å². The molecule has 34 heavy (non-hydrogen) atoms. The predicted octanol–water partition coefficient (Wildman–Crippen LogP) is 3.87. The van der Waals surface area contributed by atoms with Crippen LogP contribution in [-0.4, -0.2) is 56.1 Å². The number of piperazine rings is 1.